The molecule has 1 aliphatic carbocycles. The summed E-state index contributed by atoms with van der Waals surface area (Å²) in [6, 6.07) is 0.0787. The van der Waals surface area contributed by atoms with E-state index in [2.05, 4.69) is 16.9 Å². The van der Waals surface area contributed by atoms with Crippen molar-refractivity contribution in [1.29, 1.82) is 0 Å². The standard InChI is InChI=1S/C12H18N2O2S/c1-3-16-11(15)9-5-4-6-10(9)14-12-13-7-8(2)17-12/h9-10H,2-7H2,1H3,(H,13,14)/t9-,10-/m0/s1. The van der Waals surface area contributed by atoms with Crippen molar-refractivity contribution in [1.82, 2.24) is 5.32 Å². The van der Waals surface area contributed by atoms with Crippen LogP contribution in [0.3, 0.4) is 0 Å². The molecule has 0 radical (unpaired) electrons. The molecule has 1 saturated heterocycles. The molecule has 4 nitrogen and oxygen atoms in total. The molecule has 0 aromatic heterocycles. The number of hydrogen-bond acceptors (Lipinski definition) is 4. The van der Waals surface area contributed by atoms with Gasteiger partial charge < -0.3 is 10.1 Å². The summed E-state index contributed by atoms with van der Waals surface area (Å²) in [5.41, 5.74) is 0. The average Bonchev–Trinajstić information content (AvgIpc) is 2.89. The van der Waals surface area contributed by atoms with Crippen molar-refractivity contribution in [3.8, 4) is 0 Å². The van der Waals surface area contributed by atoms with Gasteiger partial charge in [-0.25, -0.2) is 0 Å². The van der Waals surface area contributed by atoms with Gasteiger partial charge in [-0.05, 0) is 19.8 Å². The van der Waals surface area contributed by atoms with E-state index in [-0.39, 0.29) is 17.9 Å². The summed E-state index contributed by atoms with van der Waals surface area (Å²) >= 11 is 1.57. The molecule has 2 rings (SSSR count). The minimum atomic E-state index is -0.0961. The van der Waals surface area contributed by atoms with Crippen molar-refractivity contribution in [3.63, 3.8) is 0 Å². The number of rotatable bonds is 3. The number of hydrogen-bond donors (Lipinski definition) is 1. The molecule has 0 aromatic rings. The van der Waals surface area contributed by atoms with Crippen LogP contribution >= 0.6 is 11.8 Å². The number of carbonyl (C=O) groups is 1. The third-order valence-electron chi connectivity index (χ3n) is 3.03. The molecule has 17 heavy (non-hydrogen) atoms. The maximum absolute atomic E-state index is 11.8. The van der Waals surface area contributed by atoms with Crippen LogP contribution in [0.15, 0.2) is 16.5 Å². The first-order valence-corrected chi connectivity index (χ1v) is 6.86. The van der Waals surface area contributed by atoms with E-state index >= 15 is 0 Å². The lowest BCUT2D eigenvalue weighted by molar-refractivity contribution is -0.148. The number of amidine groups is 1. The van der Waals surface area contributed by atoms with Gasteiger partial charge in [0.1, 0.15) is 0 Å². The second kappa shape index (κ2) is 5.58. The molecule has 0 spiro atoms. The Morgan fingerprint density at radius 3 is 3.12 bits per heavy atom. The first-order chi connectivity index (χ1) is 8.20. The predicted molar refractivity (Wildman–Crippen MR) is 69.9 cm³/mol. The molecule has 2 aliphatic rings. The van der Waals surface area contributed by atoms with Crippen LogP contribution in [0.25, 0.3) is 0 Å². The van der Waals surface area contributed by atoms with Gasteiger partial charge in [-0.3, -0.25) is 9.79 Å². The van der Waals surface area contributed by atoms with E-state index in [1.807, 2.05) is 6.92 Å². The third kappa shape index (κ3) is 3.03. The third-order valence-corrected chi connectivity index (χ3v) is 3.91. The molecule has 0 unspecified atom stereocenters. The molecule has 1 N–H and O–H groups in total. The van der Waals surface area contributed by atoms with E-state index in [4.69, 9.17) is 4.74 Å². The van der Waals surface area contributed by atoms with Crippen LogP contribution < -0.4 is 5.32 Å². The van der Waals surface area contributed by atoms with Crippen LogP contribution in [0, 0.1) is 5.92 Å². The molecule has 1 heterocycles. The van der Waals surface area contributed by atoms with E-state index in [9.17, 15) is 4.79 Å². The molecular weight excluding hydrogens is 236 g/mol. The van der Waals surface area contributed by atoms with Gasteiger partial charge in [0.2, 0.25) is 0 Å². The van der Waals surface area contributed by atoms with Crippen molar-refractivity contribution in [2.45, 2.75) is 32.2 Å². The highest BCUT2D eigenvalue weighted by Crippen LogP contribution is 2.31. The highest BCUT2D eigenvalue weighted by Gasteiger charge is 2.34. The van der Waals surface area contributed by atoms with Crippen molar-refractivity contribution in [2.24, 2.45) is 10.9 Å². The van der Waals surface area contributed by atoms with Crippen LogP contribution in [-0.4, -0.2) is 30.3 Å². The van der Waals surface area contributed by atoms with Gasteiger partial charge in [0.15, 0.2) is 5.17 Å². The smallest absolute Gasteiger partial charge is 0.311 e. The number of thioether (sulfide) groups is 1. The van der Waals surface area contributed by atoms with E-state index in [0.717, 1.165) is 35.9 Å². The fraction of sp³-hybridized carbons (Fsp3) is 0.667. The Morgan fingerprint density at radius 1 is 1.65 bits per heavy atom. The molecule has 1 aliphatic heterocycles. The Balaban J connectivity index is 2.00. The molecular formula is C12H18N2O2S. The second-order valence-electron chi connectivity index (χ2n) is 4.29. The predicted octanol–water partition coefficient (Wildman–Crippen LogP) is 1.92. The second-order valence-corrected chi connectivity index (χ2v) is 5.45. The molecule has 0 amide bonds. The summed E-state index contributed by atoms with van der Waals surface area (Å²) in [5, 5.41) is 4.09. The van der Waals surface area contributed by atoms with Gasteiger partial charge in [0.25, 0.3) is 0 Å². The maximum atomic E-state index is 11.8. The van der Waals surface area contributed by atoms with Crippen molar-refractivity contribution >= 4 is 22.9 Å². The molecule has 0 aromatic carbocycles. The lowest BCUT2D eigenvalue weighted by Crippen LogP contribution is -2.26. The molecule has 5 heteroatoms. The lowest BCUT2D eigenvalue weighted by Gasteiger charge is -2.14. The van der Waals surface area contributed by atoms with Gasteiger partial charge in [0, 0.05) is 11.4 Å². The highest BCUT2D eigenvalue weighted by atomic mass is 32.2. The number of esters is 1. The number of nitrogens with zero attached hydrogens (tertiary/aromatic N) is 1. The first kappa shape index (κ1) is 12.5. The van der Waals surface area contributed by atoms with Crippen LogP contribution in [0.5, 0.6) is 0 Å². The molecule has 1 saturated carbocycles. The minimum Gasteiger partial charge on any atom is -0.466 e. The van der Waals surface area contributed by atoms with Crippen LogP contribution in [0.1, 0.15) is 26.2 Å². The van der Waals surface area contributed by atoms with E-state index in [1.165, 1.54) is 0 Å². The number of aliphatic imine (C=N–C) groups is 1. The molecule has 94 valence electrons. The van der Waals surface area contributed by atoms with E-state index in [1.54, 1.807) is 11.8 Å². The van der Waals surface area contributed by atoms with Crippen LogP contribution in [-0.2, 0) is 9.53 Å². The Labute approximate surface area is 106 Å². The van der Waals surface area contributed by atoms with Gasteiger partial charge in [-0.1, -0.05) is 24.8 Å². The molecule has 2 atom stereocenters. The van der Waals surface area contributed by atoms with Crippen molar-refractivity contribution < 1.29 is 9.53 Å². The van der Waals surface area contributed by atoms with Gasteiger partial charge in [-0.15, -0.1) is 0 Å². The van der Waals surface area contributed by atoms with Crippen molar-refractivity contribution in [2.75, 3.05) is 13.2 Å². The average molecular weight is 254 g/mol. The monoisotopic (exact) mass is 254 g/mol. The quantitative estimate of drug-likeness (QED) is 0.782. The summed E-state index contributed by atoms with van der Waals surface area (Å²) < 4.78 is 5.09. The summed E-state index contributed by atoms with van der Waals surface area (Å²) in [5.74, 6) is -0.153. The zero-order valence-corrected chi connectivity index (χ0v) is 10.9. The van der Waals surface area contributed by atoms with Crippen molar-refractivity contribution in [3.05, 3.63) is 11.5 Å². The SMILES string of the molecule is C=C1CNC(=N[C@H]2CCC[C@@H]2C(=O)OCC)S1. The number of carbonyl (C=O) groups excluding carboxylic acids is 1. The normalized spacial score (nSPS) is 30.6. The number of ether oxygens (including phenoxy) is 1. The number of nitrogens with one attached hydrogen (secondary N) is 1. The van der Waals surface area contributed by atoms with Gasteiger partial charge in [-0.2, -0.15) is 0 Å². The van der Waals surface area contributed by atoms with E-state index < -0.39 is 0 Å². The largest absolute Gasteiger partial charge is 0.466 e. The zero-order valence-electron chi connectivity index (χ0n) is 10.1. The fourth-order valence-electron chi connectivity index (χ4n) is 2.22. The summed E-state index contributed by atoms with van der Waals surface area (Å²) in [7, 11) is 0. The Bertz CT molecular complexity index is 354. The van der Waals surface area contributed by atoms with Crippen LogP contribution in [0.4, 0.5) is 0 Å². The summed E-state index contributed by atoms with van der Waals surface area (Å²) in [6.45, 7) is 6.95. The Hall–Kier alpha value is -0.970. The Kier molecular flexibility index (Phi) is 4.10. The lowest BCUT2D eigenvalue weighted by atomic mass is 10.1. The van der Waals surface area contributed by atoms with Gasteiger partial charge >= 0.3 is 5.97 Å². The van der Waals surface area contributed by atoms with E-state index in [0.29, 0.717) is 6.61 Å². The van der Waals surface area contributed by atoms with Gasteiger partial charge in [0.05, 0.1) is 18.6 Å². The zero-order chi connectivity index (χ0) is 12.3. The maximum Gasteiger partial charge on any atom is 0.311 e. The minimum absolute atomic E-state index is 0.0567. The summed E-state index contributed by atoms with van der Waals surface area (Å²) in [6.07, 6.45) is 2.92. The molecule has 0 bridgehead atoms. The first-order valence-electron chi connectivity index (χ1n) is 6.04. The topological polar surface area (TPSA) is 50.7 Å². The Morgan fingerprint density at radius 2 is 2.47 bits per heavy atom. The summed E-state index contributed by atoms with van der Waals surface area (Å²) in [4.78, 5) is 17.5. The highest BCUT2D eigenvalue weighted by molar-refractivity contribution is 8.17. The molecule has 2 fully saturated rings. The van der Waals surface area contributed by atoms with Crippen LogP contribution in [0.2, 0.25) is 0 Å². The fourth-order valence-corrected chi connectivity index (χ4v) is 2.98.